The van der Waals surface area contributed by atoms with Crippen LogP contribution in [0.4, 0.5) is 0 Å². The summed E-state index contributed by atoms with van der Waals surface area (Å²) in [4.78, 5) is 33.7. The maximum atomic E-state index is 13.7. The van der Waals surface area contributed by atoms with Crippen LogP contribution in [0.15, 0.2) is 78.2 Å². The van der Waals surface area contributed by atoms with E-state index in [1.165, 1.54) is 18.4 Å². The van der Waals surface area contributed by atoms with E-state index in [1.54, 1.807) is 30.2 Å². The molecule has 0 aliphatic carbocycles. The Hall–Kier alpha value is -4.25. The summed E-state index contributed by atoms with van der Waals surface area (Å²) >= 11 is 1.51. The fraction of sp³-hybridized carbons (Fsp3) is 0.343. The van der Waals surface area contributed by atoms with Gasteiger partial charge >= 0.3 is 0 Å². The van der Waals surface area contributed by atoms with Gasteiger partial charge in [0.1, 0.15) is 16.5 Å². The number of aryl methyl sites for hydroxylation is 1. The van der Waals surface area contributed by atoms with Gasteiger partial charge < -0.3 is 30.1 Å². The van der Waals surface area contributed by atoms with Crippen LogP contribution in [-0.2, 0) is 19.5 Å². The van der Waals surface area contributed by atoms with Crippen molar-refractivity contribution in [2.75, 3.05) is 20.8 Å². The van der Waals surface area contributed by atoms with E-state index in [0.29, 0.717) is 30.8 Å². The van der Waals surface area contributed by atoms with Crippen molar-refractivity contribution in [3.63, 3.8) is 0 Å². The minimum atomic E-state index is -0.898. The van der Waals surface area contributed by atoms with Gasteiger partial charge in [0.05, 0.1) is 32.9 Å². The van der Waals surface area contributed by atoms with E-state index in [4.69, 9.17) is 9.47 Å². The summed E-state index contributed by atoms with van der Waals surface area (Å²) < 4.78 is 10.8. The number of aromatic nitrogens is 1. The van der Waals surface area contributed by atoms with Crippen molar-refractivity contribution in [2.24, 2.45) is 0 Å². The third-order valence-corrected chi connectivity index (χ3v) is 8.36. The first-order valence-corrected chi connectivity index (χ1v) is 15.8. The number of thiazole rings is 1. The molecule has 2 amide bonds. The van der Waals surface area contributed by atoms with Gasteiger partial charge in [-0.3, -0.25) is 9.59 Å². The predicted molar refractivity (Wildman–Crippen MR) is 177 cm³/mol. The molecule has 1 aromatic heterocycles. The number of carbonyl (C=O) groups excluding carboxylic acids is 2. The molecule has 3 N–H and O–H groups in total. The van der Waals surface area contributed by atoms with Crippen molar-refractivity contribution >= 4 is 23.2 Å². The Balaban J connectivity index is 1.52. The molecule has 1 heterocycles. The maximum Gasteiger partial charge on any atom is 0.254 e. The minimum Gasteiger partial charge on any atom is -0.497 e. The highest BCUT2D eigenvalue weighted by Crippen LogP contribution is 2.22. The molecule has 0 radical (unpaired) electrons. The third kappa shape index (κ3) is 9.62. The molecular weight excluding hydrogens is 588 g/mol. The molecule has 9 nitrogen and oxygen atoms in total. The zero-order valence-electron chi connectivity index (χ0n) is 26.4. The second-order valence-corrected chi connectivity index (χ2v) is 12.1. The first-order chi connectivity index (χ1) is 21.7. The van der Waals surface area contributed by atoms with Crippen LogP contribution in [0.5, 0.6) is 11.5 Å². The van der Waals surface area contributed by atoms with E-state index in [-0.39, 0.29) is 24.1 Å². The fourth-order valence-corrected chi connectivity index (χ4v) is 5.71. The van der Waals surface area contributed by atoms with Crippen molar-refractivity contribution in [3.05, 3.63) is 111 Å². The molecule has 0 unspecified atom stereocenters. The van der Waals surface area contributed by atoms with E-state index >= 15 is 0 Å². The Morgan fingerprint density at radius 3 is 2.31 bits per heavy atom. The SMILES string of the molecule is COc1cccc(CNC[C@@H](O)[C@H](Cc2ccccc2)NC(=O)c2cc(OC)cc(C(=O)N(Cc3nc(C)cs3)C(C)C)c2)c1. The van der Waals surface area contributed by atoms with Crippen molar-refractivity contribution in [1.29, 1.82) is 0 Å². The Morgan fingerprint density at radius 2 is 1.64 bits per heavy atom. The summed E-state index contributed by atoms with van der Waals surface area (Å²) in [5.74, 6) is 0.505. The molecule has 0 saturated carbocycles. The minimum absolute atomic E-state index is 0.0972. The predicted octanol–water partition coefficient (Wildman–Crippen LogP) is 5.01. The molecule has 4 aromatic rings. The molecule has 0 saturated heterocycles. The van der Waals surface area contributed by atoms with Gasteiger partial charge in [0, 0.05) is 41.3 Å². The van der Waals surface area contributed by atoms with Gasteiger partial charge in [0.25, 0.3) is 11.8 Å². The fourth-order valence-electron chi connectivity index (χ4n) is 4.94. The Labute approximate surface area is 269 Å². The van der Waals surface area contributed by atoms with Gasteiger partial charge in [-0.05, 0) is 68.7 Å². The number of hydrogen-bond acceptors (Lipinski definition) is 8. The van der Waals surface area contributed by atoms with Gasteiger partial charge in [0.15, 0.2) is 0 Å². The Morgan fingerprint density at radius 1 is 0.933 bits per heavy atom. The molecule has 0 aliphatic rings. The van der Waals surface area contributed by atoms with Crippen molar-refractivity contribution in [2.45, 2.75) is 58.5 Å². The lowest BCUT2D eigenvalue weighted by molar-refractivity contribution is 0.0689. The monoisotopic (exact) mass is 630 g/mol. The van der Waals surface area contributed by atoms with E-state index in [1.807, 2.05) is 80.7 Å². The standard InChI is InChI=1S/C35H42N4O5S/c1-23(2)39(21-33-37-24(3)22-45-33)35(42)28-16-27(17-30(18-28)44-5)34(41)38-31(15-25-10-7-6-8-11-25)32(40)20-36-19-26-12-9-13-29(14-26)43-4/h6-14,16-18,22-23,31-32,36,40H,15,19-21H2,1-5H3,(H,38,41)/t31-,32+/m0/s1. The second-order valence-electron chi connectivity index (χ2n) is 11.2. The largest absolute Gasteiger partial charge is 0.497 e. The first-order valence-electron chi connectivity index (χ1n) is 14.9. The van der Waals surface area contributed by atoms with Crippen molar-refractivity contribution in [3.8, 4) is 11.5 Å². The van der Waals surface area contributed by atoms with Crippen LogP contribution in [-0.4, -0.2) is 65.8 Å². The molecule has 0 bridgehead atoms. The van der Waals surface area contributed by atoms with Gasteiger partial charge in [-0.15, -0.1) is 11.3 Å². The summed E-state index contributed by atoms with van der Waals surface area (Å²) in [6, 6.07) is 21.5. The van der Waals surface area contributed by atoms with Gasteiger partial charge in [-0.25, -0.2) is 4.98 Å². The summed E-state index contributed by atoms with van der Waals surface area (Å²) in [6.45, 7) is 6.95. The Bertz CT molecular complexity index is 1560. The quantitative estimate of drug-likeness (QED) is 0.169. The van der Waals surface area contributed by atoms with Crippen LogP contribution in [0.25, 0.3) is 0 Å². The van der Waals surface area contributed by atoms with Crippen LogP contribution in [0.1, 0.15) is 56.4 Å². The summed E-state index contributed by atoms with van der Waals surface area (Å²) in [5, 5.41) is 20.4. The van der Waals surface area contributed by atoms with E-state index in [0.717, 1.165) is 27.6 Å². The molecule has 2 atom stereocenters. The average Bonchev–Trinajstić information content (AvgIpc) is 3.47. The molecule has 0 aliphatic heterocycles. The molecule has 3 aromatic carbocycles. The van der Waals surface area contributed by atoms with Gasteiger partial charge in [-0.1, -0.05) is 42.5 Å². The van der Waals surface area contributed by atoms with Crippen LogP contribution < -0.4 is 20.1 Å². The number of amides is 2. The zero-order chi connectivity index (χ0) is 32.3. The number of aliphatic hydroxyl groups is 1. The first kappa shape index (κ1) is 33.6. The van der Waals surface area contributed by atoms with Crippen LogP contribution in [0.3, 0.4) is 0 Å². The molecule has 0 spiro atoms. The average molecular weight is 631 g/mol. The second kappa shape index (κ2) is 16.2. The number of benzene rings is 3. The van der Waals surface area contributed by atoms with Crippen LogP contribution in [0.2, 0.25) is 0 Å². The number of nitrogens with one attached hydrogen (secondary N) is 2. The lowest BCUT2D eigenvalue weighted by Gasteiger charge is -2.27. The number of rotatable bonds is 15. The smallest absolute Gasteiger partial charge is 0.254 e. The summed E-state index contributed by atoms with van der Waals surface area (Å²) in [6.07, 6.45) is -0.483. The Kier molecular flexibility index (Phi) is 12.1. The summed E-state index contributed by atoms with van der Waals surface area (Å²) in [5.41, 5.74) is 3.50. The third-order valence-electron chi connectivity index (χ3n) is 7.40. The molecule has 0 fully saturated rings. The highest BCUT2D eigenvalue weighted by atomic mass is 32.1. The maximum absolute atomic E-state index is 13.7. The molecular formula is C35H42N4O5S. The van der Waals surface area contributed by atoms with Crippen molar-refractivity contribution in [1.82, 2.24) is 20.5 Å². The summed E-state index contributed by atoms with van der Waals surface area (Å²) in [7, 11) is 3.12. The van der Waals surface area contributed by atoms with Crippen molar-refractivity contribution < 1.29 is 24.2 Å². The number of aliphatic hydroxyl groups excluding tert-OH is 1. The lowest BCUT2D eigenvalue weighted by atomic mass is 10.00. The highest BCUT2D eigenvalue weighted by molar-refractivity contribution is 7.09. The highest BCUT2D eigenvalue weighted by Gasteiger charge is 2.25. The van der Waals surface area contributed by atoms with Crippen LogP contribution >= 0.6 is 11.3 Å². The number of ether oxygens (including phenoxy) is 2. The number of hydrogen-bond donors (Lipinski definition) is 3. The topological polar surface area (TPSA) is 113 Å². The van der Waals surface area contributed by atoms with Crippen LogP contribution in [0, 0.1) is 6.92 Å². The molecule has 45 heavy (non-hydrogen) atoms. The van der Waals surface area contributed by atoms with Gasteiger partial charge in [0.2, 0.25) is 0 Å². The molecule has 238 valence electrons. The lowest BCUT2D eigenvalue weighted by Crippen LogP contribution is -2.48. The number of carbonyl (C=O) groups is 2. The zero-order valence-corrected chi connectivity index (χ0v) is 27.3. The van der Waals surface area contributed by atoms with E-state index in [2.05, 4.69) is 15.6 Å². The molecule has 10 heteroatoms. The normalized spacial score (nSPS) is 12.4. The van der Waals surface area contributed by atoms with E-state index < -0.39 is 18.1 Å². The number of methoxy groups -OCH3 is 2. The van der Waals surface area contributed by atoms with E-state index in [9.17, 15) is 14.7 Å². The molecule has 4 rings (SSSR count). The van der Waals surface area contributed by atoms with Gasteiger partial charge in [-0.2, -0.15) is 0 Å². The number of nitrogens with zero attached hydrogens (tertiary/aromatic N) is 2.